The van der Waals surface area contributed by atoms with Crippen LogP contribution in [0.15, 0.2) is 48.5 Å². The Morgan fingerprint density at radius 1 is 1.07 bits per heavy atom. The van der Waals surface area contributed by atoms with Crippen molar-refractivity contribution in [2.75, 3.05) is 44.6 Å². The molecule has 1 amide bonds. The summed E-state index contributed by atoms with van der Waals surface area (Å²) in [6.45, 7) is 7.03. The molecule has 0 aliphatic carbocycles. The molecule has 2 N–H and O–H groups in total. The first-order chi connectivity index (χ1) is 14.0. The van der Waals surface area contributed by atoms with E-state index in [-0.39, 0.29) is 12.5 Å². The standard InChI is InChI=1S/C22H28ClN3O3/c1-17(27)24-20-6-8-22(9-7-20)29-16-21(28)15-26-12-10-25(11-13-26)14-18-2-4-19(23)5-3-18/h2-9,21,28H,10-16H2,1H3,(H,24,27). The van der Waals surface area contributed by atoms with E-state index in [0.29, 0.717) is 12.3 Å². The molecule has 0 radical (unpaired) electrons. The first-order valence-corrected chi connectivity index (χ1v) is 10.2. The Balaban J connectivity index is 1.35. The number of β-amino-alcohol motifs (C(OH)–C–C–N with tert-alkyl or cyclic N) is 1. The summed E-state index contributed by atoms with van der Waals surface area (Å²) < 4.78 is 5.67. The van der Waals surface area contributed by atoms with Crippen LogP contribution >= 0.6 is 11.6 Å². The molecule has 1 unspecified atom stereocenters. The lowest BCUT2D eigenvalue weighted by molar-refractivity contribution is -0.114. The number of aliphatic hydroxyl groups is 1. The Kier molecular flexibility index (Phi) is 7.89. The van der Waals surface area contributed by atoms with Crippen LogP contribution in [0.3, 0.4) is 0 Å². The lowest BCUT2D eigenvalue weighted by Crippen LogP contribution is -2.48. The normalized spacial score (nSPS) is 16.4. The molecule has 1 fully saturated rings. The lowest BCUT2D eigenvalue weighted by atomic mass is 10.2. The molecule has 29 heavy (non-hydrogen) atoms. The van der Waals surface area contributed by atoms with Crippen LogP contribution in [-0.2, 0) is 11.3 Å². The average Bonchev–Trinajstić information content (AvgIpc) is 2.70. The van der Waals surface area contributed by atoms with Crippen molar-refractivity contribution in [1.82, 2.24) is 9.80 Å². The first-order valence-electron chi connectivity index (χ1n) is 9.85. The molecule has 0 aromatic heterocycles. The highest BCUT2D eigenvalue weighted by Crippen LogP contribution is 2.16. The van der Waals surface area contributed by atoms with Crippen molar-refractivity contribution in [3.63, 3.8) is 0 Å². The van der Waals surface area contributed by atoms with E-state index in [1.165, 1.54) is 12.5 Å². The zero-order chi connectivity index (χ0) is 20.6. The number of ether oxygens (including phenoxy) is 1. The van der Waals surface area contributed by atoms with Crippen LogP contribution in [-0.4, -0.2) is 66.2 Å². The number of nitrogens with one attached hydrogen (secondary N) is 1. The van der Waals surface area contributed by atoms with E-state index in [2.05, 4.69) is 27.2 Å². The molecule has 0 saturated carbocycles. The summed E-state index contributed by atoms with van der Waals surface area (Å²) in [5.74, 6) is 0.563. The summed E-state index contributed by atoms with van der Waals surface area (Å²) in [7, 11) is 0. The maximum absolute atomic E-state index is 11.0. The van der Waals surface area contributed by atoms with Gasteiger partial charge in [0, 0.05) is 56.9 Å². The Morgan fingerprint density at radius 3 is 2.31 bits per heavy atom. The number of carbonyl (C=O) groups is 1. The molecule has 0 spiro atoms. The van der Waals surface area contributed by atoms with Gasteiger partial charge in [-0.1, -0.05) is 23.7 Å². The third-order valence-electron chi connectivity index (χ3n) is 4.87. The fourth-order valence-electron chi connectivity index (χ4n) is 3.36. The summed E-state index contributed by atoms with van der Waals surface area (Å²) in [6, 6.07) is 15.1. The predicted molar refractivity (Wildman–Crippen MR) is 115 cm³/mol. The minimum atomic E-state index is -0.548. The molecular formula is C22H28ClN3O3. The summed E-state index contributed by atoms with van der Waals surface area (Å²) in [5, 5.41) is 13.8. The highest BCUT2D eigenvalue weighted by atomic mass is 35.5. The molecule has 1 saturated heterocycles. The van der Waals surface area contributed by atoms with Gasteiger partial charge in [-0.25, -0.2) is 0 Å². The quantitative estimate of drug-likeness (QED) is 0.691. The Morgan fingerprint density at radius 2 is 1.69 bits per heavy atom. The SMILES string of the molecule is CC(=O)Nc1ccc(OCC(O)CN2CCN(Cc3ccc(Cl)cc3)CC2)cc1. The average molecular weight is 418 g/mol. The predicted octanol–water partition coefficient (Wildman–Crippen LogP) is 2.86. The molecule has 1 aliphatic rings. The van der Waals surface area contributed by atoms with Gasteiger partial charge in [0.15, 0.2) is 0 Å². The van der Waals surface area contributed by atoms with E-state index in [4.69, 9.17) is 16.3 Å². The molecule has 1 atom stereocenters. The van der Waals surface area contributed by atoms with Crippen molar-refractivity contribution in [2.24, 2.45) is 0 Å². The van der Waals surface area contributed by atoms with Crippen molar-refractivity contribution in [1.29, 1.82) is 0 Å². The fourth-order valence-corrected chi connectivity index (χ4v) is 3.48. The maximum Gasteiger partial charge on any atom is 0.221 e. The largest absolute Gasteiger partial charge is 0.491 e. The van der Waals surface area contributed by atoms with Crippen LogP contribution in [0.25, 0.3) is 0 Å². The van der Waals surface area contributed by atoms with Gasteiger partial charge in [0.05, 0.1) is 0 Å². The van der Waals surface area contributed by atoms with Gasteiger partial charge in [0.2, 0.25) is 5.91 Å². The van der Waals surface area contributed by atoms with Crippen molar-refractivity contribution < 1.29 is 14.6 Å². The number of piperazine rings is 1. The number of rotatable bonds is 8. The molecule has 1 heterocycles. The number of anilines is 1. The van der Waals surface area contributed by atoms with Crippen molar-refractivity contribution in [2.45, 2.75) is 19.6 Å². The van der Waals surface area contributed by atoms with Gasteiger partial charge in [-0.3, -0.25) is 14.6 Å². The van der Waals surface area contributed by atoms with Crippen LogP contribution in [0.2, 0.25) is 5.02 Å². The number of aliphatic hydroxyl groups excluding tert-OH is 1. The second kappa shape index (κ2) is 10.6. The second-order valence-electron chi connectivity index (χ2n) is 7.37. The van der Waals surface area contributed by atoms with Gasteiger partial charge in [-0.05, 0) is 42.0 Å². The summed E-state index contributed by atoms with van der Waals surface area (Å²) in [6.07, 6.45) is -0.548. The van der Waals surface area contributed by atoms with Crippen LogP contribution in [0.4, 0.5) is 5.69 Å². The van der Waals surface area contributed by atoms with Crippen molar-refractivity contribution >= 4 is 23.2 Å². The van der Waals surface area contributed by atoms with Gasteiger partial charge in [-0.2, -0.15) is 0 Å². The molecule has 156 valence electrons. The van der Waals surface area contributed by atoms with Crippen molar-refractivity contribution in [3.8, 4) is 5.75 Å². The summed E-state index contributed by atoms with van der Waals surface area (Å²) in [4.78, 5) is 15.7. The Hall–Kier alpha value is -2.12. The summed E-state index contributed by atoms with van der Waals surface area (Å²) >= 11 is 5.94. The molecule has 2 aromatic rings. The van der Waals surface area contributed by atoms with Gasteiger partial charge < -0.3 is 15.2 Å². The number of hydrogen-bond donors (Lipinski definition) is 2. The highest BCUT2D eigenvalue weighted by Gasteiger charge is 2.19. The minimum absolute atomic E-state index is 0.109. The molecule has 3 rings (SSSR count). The fraction of sp³-hybridized carbons (Fsp3) is 0.409. The topological polar surface area (TPSA) is 65.0 Å². The zero-order valence-electron chi connectivity index (χ0n) is 16.7. The number of benzene rings is 2. The van der Waals surface area contributed by atoms with Crippen LogP contribution in [0.1, 0.15) is 12.5 Å². The third-order valence-corrected chi connectivity index (χ3v) is 5.12. The molecule has 0 bridgehead atoms. The van der Waals surface area contributed by atoms with Gasteiger partial charge in [-0.15, -0.1) is 0 Å². The number of halogens is 1. The van der Waals surface area contributed by atoms with Crippen LogP contribution < -0.4 is 10.1 Å². The van der Waals surface area contributed by atoms with E-state index in [1.54, 1.807) is 24.3 Å². The second-order valence-corrected chi connectivity index (χ2v) is 7.81. The Bertz CT molecular complexity index is 775. The zero-order valence-corrected chi connectivity index (χ0v) is 17.4. The number of hydrogen-bond acceptors (Lipinski definition) is 5. The van der Waals surface area contributed by atoms with Crippen molar-refractivity contribution in [3.05, 3.63) is 59.1 Å². The molecular weight excluding hydrogens is 390 g/mol. The van der Waals surface area contributed by atoms with Crippen LogP contribution in [0, 0.1) is 0 Å². The maximum atomic E-state index is 11.0. The molecule has 6 nitrogen and oxygen atoms in total. The van der Waals surface area contributed by atoms with E-state index >= 15 is 0 Å². The monoisotopic (exact) mass is 417 g/mol. The number of amides is 1. The number of carbonyl (C=O) groups excluding carboxylic acids is 1. The first kappa shape index (κ1) is 21.6. The van der Waals surface area contributed by atoms with E-state index in [9.17, 15) is 9.90 Å². The van der Waals surface area contributed by atoms with E-state index in [1.807, 2.05) is 12.1 Å². The summed E-state index contributed by atoms with van der Waals surface area (Å²) in [5.41, 5.74) is 1.99. The smallest absolute Gasteiger partial charge is 0.221 e. The van der Waals surface area contributed by atoms with Gasteiger partial charge in [0.1, 0.15) is 18.5 Å². The minimum Gasteiger partial charge on any atom is -0.491 e. The highest BCUT2D eigenvalue weighted by molar-refractivity contribution is 6.30. The molecule has 1 aliphatic heterocycles. The Labute approximate surface area is 177 Å². The van der Waals surface area contributed by atoms with Gasteiger partial charge in [0.25, 0.3) is 0 Å². The number of nitrogens with zero attached hydrogens (tertiary/aromatic N) is 2. The lowest BCUT2D eigenvalue weighted by Gasteiger charge is -2.35. The van der Waals surface area contributed by atoms with E-state index < -0.39 is 6.10 Å². The third kappa shape index (κ3) is 7.33. The molecule has 2 aromatic carbocycles. The van der Waals surface area contributed by atoms with E-state index in [0.717, 1.165) is 43.4 Å². The van der Waals surface area contributed by atoms with Crippen LogP contribution in [0.5, 0.6) is 5.75 Å². The van der Waals surface area contributed by atoms with Gasteiger partial charge >= 0.3 is 0 Å². The molecule has 7 heteroatoms.